The number of aromatic nitrogens is 1. The molecule has 0 fully saturated rings. The Labute approximate surface area is 144 Å². The molecule has 0 amide bonds. The molecule has 2 N–H and O–H groups in total. The number of rotatable bonds is 10. The highest BCUT2D eigenvalue weighted by Gasteiger charge is 2.13. The maximum atomic E-state index is 11.1. The van der Waals surface area contributed by atoms with E-state index in [9.17, 15) is 4.79 Å². The van der Waals surface area contributed by atoms with Crippen LogP contribution in [0.4, 0.5) is 0 Å². The summed E-state index contributed by atoms with van der Waals surface area (Å²) in [5.41, 5.74) is 2.06. The zero-order chi connectivity index (χ0) is 17.8. The Morgan fingerprint density at radius 2 is 2.00 bits per heavy atom. The van der Waals surface area contributed by atoms with E-state index < -0.39 is 0 Å². The summed E-state index contributed by atoms with van der Waals surface area (Å²) in [7, 11) is 1.41. The number of ether oxygens (including phenoxy) is 1. The second-order valence-electron chi connectivity index (χ2n) is 5.39. The van der Waals surface area contributed by atoms with Crippen LogP contribution >= 0.6 is 0 Å². The summed E-state index contributed by atoms with van der Waals surface area (Å²) < 4.78 is 10.0. The largest absolute Gasteiger partial charge is 0.469 e. The molecule has 0 aromatic carbocycles. The summed E-state index contributed by atoms with van der Waals surface area (Å²) in [6, 6.07) is 0. The highest BCUT2D eigenvalue weighted by Crippen LogP contribution is 2.16. The number of hydrogen-bond donors (Lipinski definition) is 2. The van der Waals surface area contributed by atoms with Crippen molar-refractivity contribution in [3.63, 3.8) is 0 Å². The van der Waals surface area contributed by atoms with Gasteiger partial charge in [0.2, 0.25) is 0 Å². The third-order valence-corrected chi connectivity index (χ3v) is 3.67. The molecule has 0 bridgehead atoms. The van der Waals surface area contributed by atoms with Gasteiger partial charge >= 0.3 is 5.97 Å². The van der Waals surface area contributed by atoms with Crippen LogP contribution in [0, 0.1) is 0 Å². The van der Waals surface area contributed by atoms with E-state index in [2.05, 4.69) is 39.4 Å². The molecule has 0 aliphatic heterocycles. The summed E-state index contributed by atoms with van der Waals surface area (Å²) in [4.78, 5) is 15.7. The van der Waals surface area contributed by atoms with Gasteiger partial charge in [0.15, 0.2) is 5.96 Å². The minimum atomic E-state index is -0.165. The van der Waals surface area contributed by atoms with E-state index in [0.29, 0.717) is 13.0 Å². The quantitative estimate of drug-likeness (QED) is 0.294. The van der Waals surface area contributed by atoms with Crippen molar-refractivity contribution < 1.29 is 14.1 Å². The van der Waals surface area contributed by atoms with Gasteiger partial charge in [-0.05, 0) is 26.2 Å². The molecule has 0 atom stereocenters. The van der Waals surface area contributed by atoms with Crippen molar-refractivity contribution in [2.45, 2.75) is 59.4 Å². The molecule has 1 aromatic rings. The smallest absolute Gasteiger partial charge is 0.305 e. The van der Waals surface area contributed by atoms with Crippen molar-refractivity contribution in [2.24, 2.45) is 4.99 Å². The van der Waals surface area contributed by atoms with Crippen LogP contribution in [0.25, 0.3) is 0 Å². The van der Waals surface area contributed by atoms with Gasteiger partial charge in [-0.15, -0.1) is 0 Å². The van der Waals surface area contributed by atoms with Gasteiger partial charge in [0.1, 0.15) is 5.76 Å². The number of carbonyl (C=O) groups excluding carboxylic acids is 1. The van der Waals surface area contributed by atoms with Crippen LogP contribution in [0.5, 0.6) is 0 Å². The molecular formula is C17H30N4O3. The number of guanidine groups is 1. The lowest BCUT2D eigenvalue weighted by molar-refractivity contribution is -0.140. The molecule has 0 saturated carbocycles. The van der Waals surface area contributed by atoms with E-state index in [4.69, 9.17) is 4.52 Å². The summed E-state index contributed by atoms with van der Waals surface area (Å²) in [6.45, 7) is 8.25. The van der Waals surface area contributed by atoms with Crippen LogP contribution in [0.1, 0.15) is 57.1 Å². The highest BCUT2D eigenvalue weighted by molar-refractivity contribution is 5.79. The standard InChI is InChI=1S/C17H30N4O3/c1-5-14-13(15(6-2)24-21-14)12-20-17(18-7-3)19-11-9-8-10-16(22)23-4/h5-12H2,1-4H3,(H2,18,19,20). The number of carbonyl (C=O) groups is 1. The molecule has 1 rings (SSSR count). The molecule has 7 heteroatoms. The summed E-state index contributed by atoms with van der Waals surface area (Å²) in [5, 5.41) is 10.6. The maximum Gasteiger partial charge on any atom is 0.305 e. The first kappa shape index (κ1) is 20.0. The molecule has 0 unspecified atom stereocenters. The first-order chi connectivity index (χ1) is 11.7. The van der Waals surface area contributed by atoms with E-state index in [1.54, 1.807) is 0 Å². The van der Waals surface area contributed by atoms with Crippen molar-refractivity contribution in [2.75, 3.05) is 20.2 Å². The number of hydrogen-bond acceptors (Lipinski definition) is 5. The van der Waals surface area contributed by atoms with E-state index in [1.807, 2.05) is 6.92 Å². The highest BCUT2D eigenvalue weighted by atomic mass is 16.5. The summed E-state index contributed by atoms with van der Waals surface area (Å²) in [5.74, 6) is 1.51. The fourth-order valence-electron chi connectivity index (χ4n) is 2.32. The Bertz CT molecular complexity index is 504. The van der Waals surface area contributed by atoms with Crippen LogP contribution in [0.15, 0.2) is 9.52 Å². The molecule has 1 heterocycles. The molecule has 136 valence electrons. The van der Waals surface area contributed by atoms with Crippen LogP contribution in [-0.4, -0.2) is 37.3 Å². The third kappa shape index (κ3) is 6.60. The average molecular weight is 338 g/mol. The average Bonchev–Trinajstić information content (AvgIpc) is 3.00. The SMILES string of the molecule is CCNC(=NCc1c(CC)noc1CC)NCCCCC(=O)OC. The van der Waals surface area contributed by atoms with Gasteiger partial charge in [-0.1, -0.05) is 19.0 Å². The number of aliphatic imine (C=N–C) groups is 1. The Balaban J connectivity index is 2.53. The molecule has 7 nitrogen and oxygen atoms in total. The lowest BCUT2D eigenvalue weighted by Gasteiger charge is -2.11. The van der Waals surface area contributed by atoms with Crippen molar-refractivity contribution in [3.8, 4) is 0 Å². The predicted molar refractivity (Wildman–Crippen MR) is 93.9 cm³/mol. The van der Waals surface area contributed by atoms with Crippen LogP contribution in [0.2, 0.25) is 0 Å². The van der Waals surface area contributed by atoms with Gasteiger partial charge in [0.05, 0.1) is 19.3 Å². The lowest BCUT2D eigenvalue weighted by atomic mass is 10.1. The van der Waals surface area contributed by atoms with Gasteiger partial charge in [-0.3, -0.25) is 4.79 Å². The van der Waals surface area contributed by atoms with Gasteiger partial charge < -0.3 is 19.9 Å². The molecule has 0 saturated heterocycles. The van der Waals surface area contributed by atoms with E-state index >= 15 is 0 Å². The zero-order valence-corrected chi connectivity index (χ0v) is 15.3. The number of methoxy groups -OCH3 is 1. The molecular weight excluding hydrogens is 308 g/mol. The topological polar surface area (TPSA) is 88.8 Å². The Morgan fingerprint density at radius 1 is 1.21 bits per heavy atom. The van der Waals surface area contributed by atoms with E-state index in [1.165, 1.54) is 7.11 Å². The van der Waals surface area contributed by atoms with Gasteiger partial charge in [-0.2, -0.15) is 0 Å². The van der Waals surface area contributed by atoms with E-state index in [0.717, 1.165) is 61.7 Å². The van der Waals surface area contributed by atoms with Crippen molar-refractivity contribution in [1.29, 1.82) is 0 Å². The minimum absolute atomic E-state index is 0.165. The van der Waals surface area contributed by atoms with Crippen LogP contribution in [-0.2, 0) is 28.9 Å². The van der Waals surface area contributed by atoms with Gasteiger partial charge in [0.25, 0.3) is 0 Å². The van der Waals surface area contributed by atoms with Gasteiger partial charge in [-0.25, -0.2) is 4.99 Å². The Hall–Kier alpha value is -2.05. The Morgan fingerprint density at radius 3 is 2.62 bits per heavy atom. The fourth-order valence-corrected chi connectivity index (χ4v) is 2.32. The molecule has 0 spiro atoms. The van der Waals surface area contributed by atoms with Crippen LogP contribution in [0.3, 0.4) is 0 Å². The second-order valence-corrected chi connectivity index (χ2v) is 5.39. The maximum absolute atomic E-state index is 11.1. The summed E-state index contributed by atoms with van der Waals surface area (Å²) in [6.07, 6.45) is 3.78. The Kier molecular flexibility index (Phi) is 9.56. The summed E-state index contributed by atoms with van der Waals surface area (Å²) >= 11 is 0. The van der Waals surface area contributed by atoms with Gasteiger partial charge in [0, 0.05) is 31.5 Å². The number of unbranched alkanes of at least 4 members (excludes halogenated alkanes) is 1. The number of nitrogens with one attached hydrogen (secondary N) is 2. The number of esters is 1. The number of aryl methyl sites for hydroxylation is 2. The zero-order valence-electron chi connectivity index (χ0n) is 15.3. The van der Waals surface area contributed by atoms with Crippen LogP contribution < -0.4 is 10.6 Å². The first-order valence-electron chi connectivity index (χ1n) is 8.71. The normalized spacial score (nSPS) is 11.4. The van der Waals surface area contributed by atoms with Crippen molar-refractivity contribution in [1.82, 2.24) is 15.8 Å². The molecule has 24 heavy (non-hydrogen) atoms. The van der Waals surface area contributed by atoms with E-state index in [-0.39, 0.29) is 5.97 Å². The predicted octanol–water partition coefficient (Wildman–Crippen LogP) is 2.20. The second kappa shape index (κ2) is 11.5. The first-order valence-corrected chi connectivity index (χ1v) is 8.71. The third-order valence-electron chi connectivity index (χ3n) is 3.67. The van der Waals surface area contributed by atoms with Crippen molar-refractivity contribution in [3.05, 3.63) is 17.0 Å². The fraction of sp³-hybridized carbons (Fsp3) is 0.706. The molecule has 0 aliphatic rings. The minimum Gasteiger partial charge on any atom is -0.469 e. The molecule has 1 aromatic heterocycles. The molecule has 0 aliphatic carbocycles. The lowest BCUT2D eigenvalue weighted by Crippen LogP contribution is -2.37. The monoisotopic (exact) mass is 338 g/mol. The van der Waals surface area contributed by atoms with Crippen molar-refractivity contribution >= 4 is 11.9 Å². The number of nitrogens with zero attached hydrogens (tertiary/aromatic N) is 2. The molecule has 0 radical (unpaired) electrons.